The van der Waals surface area contributed by atoms with Crippen LogP contribution in [0.15, 0.2) is 54.6 Å². The SMILES string of the molecule is O=C(NC1(c2ccccc2)CC1)C1CNCC1c1ccc(C(F)(F)F)cc1. The number of hydrogen-bond acceptors (Lipinski definition) is 2. The molecule has 2 N–H and O–H groups in total. The van der Waals surface area contributed by atoms with Gasteiger partial charge in [0.1, 0.15) is 0 Å². The Balaban J connectivity index is 1.49. The van der Waals surface area contributed by atoms with E-state index in [1.807, 2.05) is 30.3 Å². The van der Waals surface area contributed by atoms with Crippen molar-refractivity contribution < 1.29 is 18.0 Å². The normalized spacial score (nSPS) is 23.8. The first-order valence-corrected chi connectivity index (χ1v) is 9.14. The van der Waals surface area contributed by atoms with E-state index >= 15 is 0 Å². The van der Waals surface area contributed by atoms with Crippen LogP contribution in [-0.2, 0) is 16.5 Å². The van der Waals surface area contributed by atoms with Crippen molar-refractivity contribution in [3.8, 4) is 0 Å². The maximum absolute atomic E-state index is 13.0. The molecule has 2 aromatic rings. The Kier molecular flexibility index (Phi) is 4.46. The Hall–Kier alpha value is -2.34. The second-order valence-corrected chi connectivity index (χ2v) is 7.43. The van der Waals surface area contributed by atoms with E-state index in [0.29, 0.717) is 13.1 Å². The number of alkyl halides is 3. The van der Waals surface area contributed by atoms with Gasteiger partial charge in [-0.05, 0) is 36.1 Å². The van der Waals surface area contributed by atoms with E-state index < -0.39 is 11.7 Å². The molecule has 0 aromatic heterocycles. The highest BCUT2D eigenvalue weighted by Gasteiger charge is 2.47. The highest BCUT2D eigenvalue weighted by atomic mass is 19.4. The highest BCUT2D eigenvalue weighted by molar-refractivity contribution is 5.82. The lowest BCUT2D eigenvalue weighted by molar-refractivity contribution is -0.137. The van der Waals surface area contributed by atoms with Gasteiger partial charge < -0.3 is 10.6 Å². The van der Waals surface area contributed by atoms with Crippen LogP contribution in [0.1, 0.15) is 35.4 Å². The molecule has 1 heterocycles. The van der Waals surface area contributed by atoms with Crippen molar-refractivity contribution in [3.63, 3.8) is 0 Å². The Morgan fingerprint density at radius 3 is 2.26 bits per heavy atom. The smallest absolute Gasteiger partial charge is 0.346 e. The van der Waals surface area contributed by atoms with Crippen molar-refractivity contribution in [2.24, 2.45) is 5.92 Å². The second-order valence-electron chi connectivity index (χ2n) is 7.43. The van der Waals surface area contributed by atoms with Crippen molar-refractivity contribution in [2.75, 3.05) is 13.1 Å². The first kappa shape index (κ1) is 18.0. The topological polar surface area (TPSA) is 41.1 Å². The van der Waals surface area contributed by atoms with Crippen molar-refractivity contribution >= 4 is 5.91 Å². The fraction of sp³-hybridized carbons (Fsp3) is 0.381. The number of rotatable bonds is 4. The molecule has 1 saturated carbocycles. The van der Waals surface area contributed by atoms with Gasteiger partial charge in [0.25, 0.3) is 0 Å². The number of benzene rings is 2. The molecule has 6 heteroatoms. The fourth-order valence-corrected chi connectivity index (χ4v) is 3.92. The predicted molar refractivity (Wildman–Crippen MR) is 96.0 cm³/mol. The summed E-state index contributed by atoms with van der Waals surface area (Å²) in [6.45, 7) is 1.12. The third-order valence-corrected chi connectivity index (χ3v) is 5.66. The number of halogens is 3. The Bertz CT molecular complexity index is 814. The van der Waals surface area contributed by atoms with E-state index in [0.717, 1.165) is 36.1 Å². The van der Waals surface area contributed by atoms with E-state index in [1.54, 1.807) is 0 Å². The maximum Gasteiger partial charge on any atom is 0.416 e. The van der Waals surface area contributed by atoms with Crippen LogP contribution in [0.4, 0.5) is 13.2 Å². The van der Waals surface area contributed by atoms with Crippen LogP contribution in [0.25, 0.3) is 0 Å². The average Bonchev–Trinajstić information content (AvgIpc) is 3.27. The zero-order chi connectivity index (χ0) is 19.1. The minimum absolute atomic E-state index is 0.0359. The van der Waals surface area contributed by atoms with Crippen LogP contribution in [0.3, 0.4) is 0 Å². The number of hydrogen-bond donors (Lipinski definition) is 2. The van der Waals surface area contributed by atoms with E-state index in [4.69, 9.17) is 0 Å². The minimum atomic E-state index is -4.35. The first-order chi connectivity index (χ1) is 12.9. The fourth-order valence-electron chi connectivity index (χ4n) is 3.92. The molecule has 0 bridgehead atoms. The van der Waals surface area contributed by atoms with Gasteiger partial charge in [-0.1, -0.05) is 42.5 Å². The van der Waals surface area contributed by atoms with Crippen LogP contribution >= 0.6 is 0 Å². The van der Waals surface area contributed by atoms with Gasteiger partial charge in [0.2, 0.25) is 5.91 Å². The third-order valence-electron chi connectivity index (χ3n) is 5.66. The predicted octanol–water partition coefficient (Wildman–Crippen LogP) is 3.81. The largest absolute Gasteiger partial charge is 0.416 e. The molecule has 1 aliphatic heterocycles. The summed E-state index contributed by atoms with van der Waals surface area (Å²) in [5.74, 6) is -0.451. The third kappa shape index (κ3) is 3.58. The van der Waals surface area contributed by atoms with Gasteiger partial charge in [-0.25, -0.2) is 0 Å². The van der Waals surface area contributed by atoms with Crippen molar-refractivity contribution in [1.82, 2.24) is 10.6 Å². The molecule has 2 unspecified atom stereocenters. The van der Waals surface area contributed by atoms with Crippen LogP contribution < -0.4 is 10.6 Å². The van der Waals surface area contributed by atoms with Gasteiger partial charge in [0, 0.05) is 19.0 Å². The van der Waals surface area contributed by atoms with Gasteiger partial charge in [-0.15, -0.1) is 0 Å². The lowest BCUT2D eigenvalue weighted by Crippen LogP contribution is -2.41. The average molecular weight is 374 g/mol. The summed E-state index contributed by atoms with van der Waals surface area (Å²) in [7, 11) is 0. The molecule has 1 aliphatic carbocycles. The summed E-state index contributed by atoms with van der Waals surface area (Å²) in [6.07, 6.45) is -2.53. The highest BCUT2D eigenvalue weighted by Crippen LogP contribution is 2.46. The van der Waals surface area contributed by atoms with Crippen molar-refractivity contribution in [3.05, 3.63) is 71.3 Å². The Labute approximate surface area is 156 Å². The molecule has 142 valence electrons. The van der Waals surface area contributed by atoms with Gasteiger partial charge in [-0.2, -0.15) is 13.2 Å². The molecule has 2 fully saturated rings. The number of nitrogens with one attached hydrogen (secondary N) is 2. The molecule has 2 aromatic carbocycles. The van der Waals surface area contributed by atoms with E-state index in [9.17, 15) is 18.0 Å². The van der Waals surface area contributed by atoms with Crippen LogP contribution in [0, 0.1) is 5.92 Å². The van der Waals surface area contributed by atoms with E-state index in [1.165, 1.54) is 12.1 Å². The molecular formula is C21H21F3N2O. The maximum atomic E-state index is 13.0. The molecule has 1 amide bonds. The molecule has 2 atom stereocenters. The van der Waals surface area contributed by atoms with Gasteiger partial charge in [0.15, 0.2) is 0 Å². The summed E-state index contributed by atoms with van der Waals surface area (Å²) < 4.78 is 38.3. The van der Waals surface area contributed by atoms with Gasteiger partial charge in [0.05, 0.1) is 17.0 Å². The molecule has 4 rings (SSSR count). The lowest BCUT2D eigenvalue weighted by atomic mass is 9.87. The molecule has 0 radical (unpaired) electrons. The molecule has 27 heavy (non-hydrogen) atoms. The van der Waals surface area contributed by atoms with Crippen LogP contribution in [0.5, 0.6) is 0 Å². The quantitative estimate of drug-likeness (QED) is 0.854. The standard InChI is InChI=1S/C21H21F3N2O/c22-21(23,24)16-8-6-14(7-9-16)17-12-25-13-18(17)19(27)26-20(10-11-20)15-4-2-1-3-5-15/h1-9,17-18,25H,10-13H2,(H,26,27). The summed E-state index contributed by atoms with van der Waals surface area (Å²) in [4.78, 5) is 13.0. The number of carbonyl (C=O) groups excluding carboxylic acids is 1. The second kappa shape index (κ2) is 6.68. The van der Waals surface area contributed by atoms with E-state index in [-0.39, 0.29) is 23.3 Å². The zero-order valence-electron chi connectivity index (χ0n) is 14.7. The van der Waals surface area contributed by atoms with Crippen LogP contribution in [0.2, 0.25) is 0 Å². The Morgan fingerprint density at radius 1 is 1.00 bits per heavy atom. The molecule has 1 saturated heterocycles. The summed E-state index contributed by atoms with van der Waals surface area (Å²) in [5.41, 5.74) is 0.915. The Morgan fingerprint density at radius 2 is 1.67 bits per heavy atom. The lowest BCUT2D eigenvalue weighted by Gasteiger charge is -2.24. The monoisotopic (exact) mass is 374 g/mol. The number of carbonyl (C=O) groups is 1. The molecular weight excluding hydrogens is 353 g/mol. The molecule has 0 spiro atoms. The molecule has 3 nitrogen and oxygen atoms in total. The van der Waals surface area contributed by atoms with E-state index in [2.05, 4.69) is 10.6 Å². The summed E-state index contributed by atoms with van der Waals surface area (Å²) in [6, 6.07) is 15.1. The van der Waals surface area contributed by atoms with Gasteiger partial charge in [-0.3, -0.25) is 4.79 Å². The number of amides is 1. The van der Waals surface area contributed by atoms with Gasteiger partial charge >= 0.3 is 6.18 Å². The van der Waals surface area contributed by atoms with Crippen LogP contribution in [-0.4, -0.2) is 19.0 Å². The molecule has 2 aliphatic rings. The van der Waals surface area contributed by atoms with Crippen molar-refractivity contribution in [2.45, 2.75) is 30.5 Å². The summed E-state index contributed by atoms with van der Waals surface area (Å²) >= 11 is 0. The zero-order valence-corrected chi connectivity index (χ0v) is 14.7. The minimum Gasteiger partial charge on any atom is -0.346 e. The first-order valence-electron chi connectivity index (χ1n) is 9.14. The van der Waals surface area contributed by atoms with Crippen molar-refractivity contribution in [1.29, 1.82) is 0 Å². The summed E-state index contributed by atoms with van der Waals surface area (Å²) in [5, 5.41) is 6.41.